The Balaban J connectivity index is 2.39. The van der Waals surface area contributed by atoms with Gasteiger partial charge in [-0.1, -0.05) is 5.11 Å². The van der Waals surface area contributed by atoms with Crippen LogP contribution < -0.4 is 16.1 Å². The highest BCUT2D eigenvalue weighted by atomic mass is 16.5. The lowest BCUT2D eigenvalue weighted by Crippen LogP contribution is -2.35. The van der Waals surface area contributed by atoms with Crippen LogP contribution in [0, 0.1) is 0 Å². The van der Waals surface area contributed by atoms with Crippen molar-refractivity contribution < 1.29 is 9.84 Å². The monoisotopic (exact) mass is 296 g/mol. The minimum Gasteiger partial charge on any atom is -0.394 e. The van der Waals surface area contributed by atoms with Gasteiger partial charge in [-0.15, -0.1) is 0 Å². The summed E-state index contributed by atoms with van der Waals surface area (Å²) >= 11 is 0. The number of anilines is 1. The zero-order chi connectivity index (χ0) is 15.6. The van der Waals surface area contributed by atoms with Crippen LogP contribution in [0.25, 0.3) is 10.4 Å². The molecule has 0 saturated carbocycles. The van der Waals surface area contributed by atoms with Crippen LogP contribution in [0.2, 0.25) is 0 Å². The van der Waals surface area contributed by atoms with E-state index in [9.17, 15) is 14.7 Å². The van der Waals surface area contributed by atoms with Crippen molar-refractivity contribution in [1.29, 1.82) is 0 Å². The molecule has 1 aliphatic heterocycles. The van der Waals surface area contributed by atoms with Crippen molar-refractivity contribution in [3.8, 4) is 0 Å². The summed E-state index contributed by atoms with van der Waals surface area (Å²) in [5.74, 6) is 0. The standard InChI is InChI=1S/C11H16N6O4/c1-16(2)7-4-17(11(20)13-10(7)19)9-3-6(14-15-12)8(5-18)21-9/h4,6,8-9,18H,3,5H2,1-2H3,(H,13,19,20)/t6?,8-,9-/m1/s1. The lowest BCUT2D eigenvalue weighted by molar-refractivity contribution is -0.0270. The van der Waals surface area contributed by atoms with Crippen LogP contribution in [0.5, 0.6) is 0 Å². The number of nitrogens with one attached hydrogen (secondary N) is 1. The molecule has 2 N–H and O–H groups in total. The summed E-state index contributed by atoms with van der Waals surface area (Å²) in [4.78, 5) is 30.1. The molecule has 1 saturated heterocycles. The lowest BCUT2D eigenvalue weighted by atomic mass is 10.1. The highest BCUT2D eigenvalue weighted by molar-refractivity contribution is 5.39. The first kappa shape index (κ1) is 15.1. The Morgan fingerprint density at radius 1 is 1.62 bits per heavy atom. The van der Waals surface area contributed by atoms with E-state index < -0.39 is 29.6 Å². The summed E-state index contributed by atoms with van der Waals surface area (Å²) in [5, 5.41) is 12.8. The second kappa shape index (κ2) is 6.00. The van der Waals surface area contributed by atoms with E-state index in [0.29, 0.717) is 5.69 Å². The Labute approximate surface area is 119 Å². The number of aromatic nitrogens is 2. The zero-order valence-corrected chi connectivity index (χ0v) is 11.6. The third kappa shape index (κ3) is 2.92. The molecular weight excluding hydrogens is 280 g/mol. The topological polar surface area (TPSA) is 136 Å². The highest BCUT2D eigenvalue weighted by Crippen LogP contribution is 2.30. The largest absolute Gasteiger partial charge is 0.394 e. The molecule has 10 heteroatoms. The van der Waals surface area contributed by atoms with E-state index >= 15 is 0 Å². The minimum atomic E-state index is -0.708. The first-order valence-electron chi connectivity index (χ1n) is 6.31. The Kier molecular flexibility index (Phi) is 4.32. The zero-order valence-electron chi connectivity index (χ0n) is 11.6. The van der Waals surface area contributed by atoms with Gasteiger partial charge in [-0.3, -0.25) is 14.3 Å². The van der Waals surface area contributed by atoms with E-state index in [4.69, 9.17) is 10.3 Å². The van der Waals surface area contributed by atoms with Crippen molar-refractivity contribution in [2.75, 3.05) is 25.6 Å². The van der Waals surface area contributed by atoms with Crippen LogP contribution in [0.1, 0.15) is 12.6 Å². The second-order valence-corrected chi connectivity index (χ2v) is 4.90. The summed E-state index contributed by atoms with van der Waals surface area (Å²) in [7, 11) is 3.35. The van der Waals surface area contributed by atoms with E-state index in [0.717, 1.165) is 0 Å². The molecule has 1 aromatic rings. The van der Waals surface area contributed by atoms with E-state index in [-0.39, 0.29) is 13.0 Å². The first-order chi connectivity index (χ1) is 9.97. The van der Waals surface area contributed by atoms with Crippen molar-refractivity contribution >= 4 is 5.69 Å². The molecule has 0 aromatic carbocycles. The molecule has 0 radical (unpaired) electrons. The number of H-pyrrole nitrogens is 1. The van der Waals surface area contributed by atoms with Gasteiger partial charge in [0.1, 0.15) is 11.9 Å². The number of ether oxygens (including phenoxy) is 1. The van der Waals surface area contributed by atoms with E-state index in [1.807, 2.05) is 0 Å². The number of rotatable bonds is 4. The number of azide groups is 1. The van der Waals surface area contributed by atoms with E-state index in [2.05, 4.69) is 15.0 Å². The third-order valence-corrected chi connectivity index (χ3v) is 3.33. The average Bonchev–Trinajstić information content (AvgIpc) is 2.81. The molecule has 2 rings (SSSR count). The SMILES string of the molecule is CN(C)c1cn([C@H]2CC(N=[N+]=[N-])[C@@H](CO)O2)c(=O)[nH]c1=O. The van der Waals surface area contributed by atoms with E-state index in [1.54, 1.807) is 19.0 Å². The third-order valence-electron chi connectivity index (χ3n) is 3.33. The maximum absolute atomic E-state index is 11.9. The Morgan fingerprint density at radius 3 is 2.90 bits per heavy atom. The lowest BCUT2D eigenvalue weighted by Gasteiger charge is -2.17. The van der Waals surface area contributed by atoms with Crippen molar-refractivity contribution in [2.45, 2.75) is 24.8 Å². The predicted octanol–water partition coefficient (Wildman–Crippen LogP) is -0.439. The molecule has 1 unspecified atom stereocenters. The quantitative estimate of drug-likeness (QED) is 0.441. The maximum atomic E-state index is 11.9. The first-order valence-corrected chi connectivity index (χ1v) is 6.31. The number of nitrogens with zero attached hydrogens (tertiary/aromatic N) is 5. The van der Waals surface area contributed by atoms with Crippen molar-refractivity contribution in [3.63, 3.8) is 0 Å². The van der Waals surface area contributed by atoms with Crippen molar-refractivity contribution in [1.82, 2.24) is 9.55 Å². The molecule has 3 atom stereocenters. The Morgan fingerprint density at radius 2 is 2.33 bits per heavy atom. The van der Waals surface area contributed by atoms with Crippen LogP contribution in [-0.4, -0.2) is 47.5 Å². The van der Waals surface area contributed by atoms with Crippen molar-refractivity contribution in [2.24, 2.45) is 5.11 Å². The second-order valence-electron chi connectivity index (χ2n) is 4.90. The number of aromatic amines is 1. The van der Waals surface area contributed by atoms with Gasteiger partial charge in [0.25, 0.3) is 5.56 Å². The summed E-state index contributed by atoms with van der Waals surface area (Å²) < 4.78 is 6.75. The smallest absolute Gasteiger partial charge is 0.330 e. The maximum Gasteiger partial charge on any atom is 0.330 e. The van der Waals surface area contributed by atoms with E-state index in [1.165, 1.54) is 10.8 Å². The Hall–Kier alpha value is -2.29. The van der Waals surface area contributed by atoms with Gasteiger partial charge < -0.3 is 14.7 Å². The summed E-state index contributed by atoms with van der Waals surface area (Å²) in [6, 6.07) is -0.563. The molecule has 21 heavy (non-hydrogen) atoms. The van der Waals surface area contributed by atoms with Crippen LogP contribution in [0.15, 0.2) is 20.9 Å². The van der Waals surface area contributed by atoms with Crippen LogP contribution in [0.3, 0.4) is 0 Å². The molecule has 10 nitrogen and oxygen atoms in total. The number of aliphatic hydroxyl groups excluding tert-OH is 1. The minimum absolute atomic E-state index is 0.244. The highest BCUT2D eigenvalue weighted by Gasteiger charge is 2.35. The normalized spacial score (nSPS) is 24.6. The Bertz CT molecular complexity index is 674. The van der Waals surface area contributed by atoms with Crippen LogP contribution in [-0.2, 0) is 4.74 Å². The van der Waals surface area contributed by atoms with Gasteiger partial charge in [0.2, 0.25) is 0 Å². The van der Waals surface area contributed by atoms with Gasteiger partial charge in [-0.05, 0) is 5.53 Å². The molecule has 0 spiro atoms. The molecule has 1 aromatic heterocycles. The molecular formula is C11H16N6O4. The summed E-state index contributed by atoms with van der Waals surface area (Å²) in [6.45, 7) is -0.321. The van der Waals surface area contributed by atoms with Crippen LogP contribution in [0.4, 0.5) is 5.69 Å². The molecule has 1 fully saturated rings. The fourth-order valence-corrected chi connectivity index (χ4v) is 2.25. The van der Waals surface area contributed by atoms with Gasteiger partial charge in [0.05, 0.1) is 18.8 Å². The van der Waals surface area contributed by atoms with Gasteiger partial charge >= 0.3 is 5.69 Å². The molecule has 0 aliphatic carbocycles. The van der Waals surface area contributed by atoms with Crippen LogP contribution >= 0.6 is 0 Å². The van der Waals surface area contributed by atoms with Gasteiger partial charge in [-0.25, -0.2) is 4.79 Å². The van der Waals surface area contributed by atoms with Gasteiger partial charge in [-0.2, -0.15) is 0 Å². The molecule has 2 heterocycles. The number of hydrogen-bond donors (Lipinski definition) is 2. The average molecular weight is 296 g/mol. The molecule has 0 amide bonds. The molecule has 0 bridgehead atoms. The predicted molar refractivity (Wildman–Crippen MR) is 74.2 cm³/mol. The molecule has 114 valence electrons. The summed E-state index contributed by atoms with van der Waals surface area (Å²) in [6.07, 6.45) is 0.251. The van der Waals surface area contributed by atoms with Crippen molar-refractivity contribution in [3.05, 3.63) is 37.5 Å². The fraction of sp³-hybridized carbons (Fsp3) is 0.636. The number of hydrogen-bond acceptors (Lipinski definition) is 6. The number of aliphatic hydroxyl groups is 1. The van der Waals surface area contributed by atoms with Gasteiger partial charge in [0.15, 0.2) is 0 Å². The summed E-state index contributed by atoms with van der Waals surface area (Å²) in [5.41, 5.74) is 7.69. The molecule has 1 aliphatic rings. The fourth-order valence-electron chi connectivity index (χ4n) is 2.25. The van der Waals surface area contributed by atoms with Gasteiger partial charge in [0, 0.05) is 31.6 Å².